The fraction of sp³-hybridized carbons (Fsp3) is 0.280. The summed E-state index contributed by atoms with van der Waals surface area (Å²) >= 11 is 5.62. The van der Waals surface area contributed by atoms with Gasteiger partial charge in [0.1, 0.15) is 11.5 Å². The average molecular weight is 572 g/mol. The van der Waals surface area contributed by atoms with E-state index in [0.29, 0.717) is 0 Å². The number of benzene rings is 2. The number of rotatable bonds is 6. The van der Waals surface area contributed by atoms with Crippen molar-refractivity contribution in [2.45, 2.75) is 30.8 Å². The molecule has 0 spiro atoms. The fourth-order valence-electron chi connectivity index (χ4n) is 4.13. The second kappa shape index (κ2) is 10.9. The zero-order valence-corrected chi connectivity index (χ0v) is 21.5. The van der Waals surface area contributed by atoms with Crippen molar-refractivity contribution in [3.63, 3.8) is 0 Å². The number of carbonyl (C=O) groups is 1. The normalized spacial score (nSPS) is 15.7. The van der Waals surface area contributed by atoms with Crippen LogP contribution < -0.4 is 5.32 Å². The zero-order chi connectivity index (χ0) is 27.7. The smallest absolute Gasteiger partial charge is 0.355 e. The number of anilines is 1. The Labute approximate surface area is 221 Å². The lowest BCUT2D eigenvalue weighted by Crippen LogP contribution is -2.41. The summed E-state index contributed by atoms with van der Waals surface area (Å²) < 4.78 is 86.4. The molecule has 38 heavy (non-hydrogen) atoms. The van der Waals surface area contributed by atoms with E-state index in [-0.39, 0.29) is 53.5 Å². The third-order valence-corrected chi connectivity index (χ3v) is 8.50. The van der Waals surface area contributed by atoms with Gasteiger partial charge < -0.3 is 9.84 Å². The largest absolute Gasteiger partial charge is 0.417 e. The minimum absolute atomic E-state index is 0.00404. The Morgan fingerprint density at radius 2 is 1.84 bits per heavy atom. The van der Waals surface area contributed by atoms with Gasteiger partial charge in [-0.1, -0.05) is 35.0 Å². The van der Waals surface area contributed by atoms with Crippen LogP contribution in [0, 0.1) is 18.7 Å². The van der Waals surface area contributed by atoms with Gasteiger partial charge in [0.2, 0.25) is 15.9 Å². The van der Waals surface area contributed by atoms with Crippen LogP contribution in [-0.4, -0.2) is 36.9 Å². The molecule has 1 aromatic heterocycles. The van der Waals surface area contributed by atoms with Gasteiger partial charge in [0, 0.05) is 30.3 Å². The van der Waals surface area contributed by atoms with Crippen molar-refractivity contribution in [3.05, 3.63) is 75.9 Å². The highest BCUT2D eigenvalue weighted by Crippen LogP contribution is 2.36. The minimum atomic E-state index is -4.68. The molecule has 1 N–H and O–H groups in total. The maximum Gasteiger partial charge on any atom is 0.417 e. The summed E-state index contributed by atoms with van der Waals surface area (Å²) in [4.78, 5) is 12.5. The number of halogens is 5. The first-order chi connectivity index (χ1) is 17.9. The molecular weight excluding hydrogens is 550 g/mol. The van der Waals surface area contributed by atoms with Crippen molar-refractivity contribution < 1.29 is 35.3 Å². The maximum atomic E-state index is 13.9. The highest BCUT2D eigenvalue weighted by atomic mass is 35.5. The van der Waals surface area contributed by atoms with Gasteiger partial charge in [-0.2, -0.15) is 17.5 Å². The van der Waals surface area contributed by atoms with Crippen LogP contribution in [0.2, 0.25) is 5.02 Å². The van der Waals surface area contributed by atoms with Gasteiger partial charge in [-0.3, -0.25) is 4.79 Å². The zero-order valence-electron chi connectivity index (χ0n) is 19.9. The van der Waals surface area contributed by atoms with E-state index in [0.717, 1.165) is 12.1 Å². The van der Waals surface area contributed by atoms with E-state index in [1.165, 1.54) is 47.6 Å². The second-order valence-corrected chi connectivity index (χ2v) is 11.0. The number of aromatic nitrogens is 1. The highest BCUT2D eigenvalue weighted by molar-refractivity contribution is 7.89. The Morgan fingerprint density at radius 1 is 1.16 bits per heavy atom. The van der Waals surface area contributed by atoms with Crippen molar-refractivity contribution in [2.24, 2.45) is 5.92 Å². The Hall–Kier alpha value is -3.22. The topological polar surface area (TPSA) is 92.5 Å². The molecule has 1 aliphatic rings. The number of amides is 1. The van der Waals surface area contributed by atoms with E-state index in [2.05, 4.69) is 10.5 Å². The number of nitrogens with one attached hydrogen (secondary N) is 1. The average Bonchev–Trinajstić information content (AvgIpc) is 3.25. The van der Waals surface area contributed by atoms with Crippen molar-refractivity contribution in [2.75, 3.05) is 18.4 Å². The Kier molecular flexibility index (Phi) is 7.96. The maximum absolute atomic E-state index is 13.9. The SMILES string of the molecule is Cc1noc(/C=C/c2ccccc2F)c1S(=O)(=O)N1CCC(C(=O)Nc2ccc(Cl)c(C(F)(F)F)c2)CC1. The van der Waals surface area contributed by atoms with Crippen molar-refractivity contribution >= 4 is 45.4 Å². The third-order valence-electron chi connectivity index (χ3n) is 6.11. The summed E-state index contributed by atoms with van der Waals surface area (Å²) in [6, 6.07) is 9.02. The quantitative estimate of drug-likeness (QED) is 0.366. The monoisotopic (exact) mass is 571 g/mol. The summed E-state index contributed by atoms with van der Waals surface area (Å²) in [7, 11) is -4.07. The third kappa shape index (κ3) is 5.92. The predicted molar refractivity (Wildman–Crippen MR) is 133 cm³/mol. The molecule has 0 saturated carbocycles. The molecule has 0 radical (unpaired) electrons. The Bertz CT molecular complexity index is 1480. The number of piperidine rings is 1. The lowest BCUT2D eigenvalue weighted by molar-refractivity contribution is -0.137. The summed E-state index contributed by atoms with van der Waals surface area (Å²) in [6.45, 7) is 1.46. The molecule has 0 unspecified atom stereocenters. The van der Waals surface area contributed by atoms with Crippen LogP contribution in [0.15, 0.2) is 51.9 Å². The fourth-order valence-corrected chi connectivity index (χ4v) is 6.07. The minimum Gasteiger partial charge on any atom is -0.355 e. The number of carbonyl (C=O) groups excluding carboxylic acids is 1. The van der Waals surface area contributed by atoms with Crippen LogP contribution in [0.25, 0.3) is 12.2 Å². The van der Waals surface area contributed by atoms with Crippen LogP contribution in [0.4, 0.5) is 23.2 Å². The molecule has 0 aliphatic carbocycles. The molecular formula is C25H22ClF4N3O4S. The molecule has 1 saturated heterocycles. The molecule has 0 atom stereocenters. The summed E-state index contributed by atoms with van der Waals surface area (Å²) in [5.74, 6) is -1.69. The standard InChI is InChI=1S/C25H22ClF4N3O4S/c1-15-23(22(37-32-15)9-6-16-4-2-3-5-21(16)27)38(35,36)33-12-10-17(11-13-33)24(34)31-18-7-8-20(26)19(14-18)25(28,29)30/h2-9,14,17H,10-13H2,1H3,(H,31,34)/b9-6+. The van der Waals surface area contributed by atoms with Gasteiger partial charge in [-0.25, -0.2) is 12.8 Å². The van der Waals surface area contributed by atoms with Gasteiger partial charge in [0.25, 0.3) is 0 Å². The van der Waals surface area contributed by atoms with E-state index in [9.17, 15) is 30.8 Å². The van der Waals surface area contributed by atoms with Gasteiger partial charge in [-0.15, -0.1) is 0 Å². The number of hydrogen-bond acceptors (Lipinski definition) is 5. The number of hydrogen-bond donors (Lipinski definition) is 1. The summed E-state index contributed by atoms with van der Waals surface area (Å²) in [5.41, 5.74) is -0.768. The molecule has 2 aromatic carbocycles. The summed E-state index contributed by atoms with van der Waals surface area (Å²) in [6.07, 6.45) is -1.68. The second-order valence-electron chi connectivity index (χ2n) is 8.68. The van der Waals surface area contributed by atoms with Crippen LogP contribution >= 0.6 is 11.6 Å². The predicted octanol–water partition coefficient (Wildman–Crippen LogP) is 6.00. The molecule has 202 valence electrons. The van der Waals surface area contributed by atoms with Crippen LogP contribution in [0.5, 0.6) is 0 Å². The summed E-state index contributed by atoms with van der Waals surface area (Å²) in [5, 5.41) is 5.73. The van der Waals surface area contributed by atoms with Crippen molar-refractivity contribution in [1.29, 1.82) is 0 Å². The molecule has 3 aromatic rings. The molecule has 1 aliphatic heterocycles. The van der Waals surface area contributed by atoms with E-state index >= 15 is 0 Å². The number of sulfonamides is 1. The Balaban J connectivity index is 1.45. The van der Waals surface area contributed by atoms with Gasteiger partial charge in [-0.05, 0) is 56.2 Å². The Morgan fingerprint density at radius 3 is 2.50 bits per heavy atom. The lowest BCUT2D eigenvalue weighted by atomic mass is 9.97. The first kappa shape index (κ1) is 27.8. The van der Waals surface area contributed by atoms with Crippen molar-refractivity contribution in [1.82, 2.24) is 9.46 Å². The molecule has 1 fully saturated rings. The van der Waals surface area contributed by atoms with Gasteiger partial charge in [0.15, 0.2) is 10.7 Å². The van der Waals surface area contributed by atoms with E-state index in [1.807, 2.05) is 0 Å². The number of alkyl halides is 3. The molecule has 2 heterocycles. The lowest BCUT2D eigenvalue weighted by Gasteiger charge is -2.30. The van der Waals surface area contributed by atoms with Gasteiger partial charge in [0.05, 0.1) is 10.6 Å². The molecule has 4 rings (SSSR count). The number of aryl methyl sites for hydroxylation is 1. The van der Waals surface area contributed by atoms with Gasteiger partial charge >= 0.3 is 6.18 Å². The van der Waals surface area contributed by atoms with E-state index in [4.69, 9.17) is 16.1 Å². The van der Waals surface area contributed by atoms with E-state index < -0.39 is 44.4 Å². The first-order valence-corrected chi connectivity index (χ1v) is 13.3. The molecule has 1 amide bonds. The molecule has 13 heteroatoms. The van der Waals surface area contributed by atoms with Crippen LogP contribution in [0.3, 0.4) is 0 Å². The van der Waals surface area contributed by atoms with Crippen molar-refractivity contribution in [3.8, 4) is 0 Å². The molecule has 7 nitrogen and oxygen atoms in total. The van der Waals surface area contributed by atoms with Crippen LogP contribution in [-0.2, 0) is 21.0 Å². The molecule has 0 bridgehead atoms. The van der Waals surface area contributed by atoms with Crippen LogP contribution in [0.1, 0.15) is 35.4 Å². The highest BCUT2D eigenvalue weighted by Gasteiger charge is 2.37. The first-order valence-electron chi connectivity index (χ1n) is 11.4. The number of nitrogens with zero attached hydrogens (tertiary/aromatic N) is 2. The van der Waals surface area contributed by atoms with E-state index in [1.54, 1.807) is 6.07 Å².